The fraction of sp³-hybridized carbons (Fsp3) is 0.318. The summed E-state index contributed by atoms with van der Waals surface area (Å²) in [6.45, 7) is 3.96. The Morgan fingerprint density at radius 1 is 1.38 bits per heavy atom. The van der Waals surface area contributed by atoms with Gasteiger partial charge in [0.25, 0.3) is 0 Å². The number of amides is 2. The van der Waals surface area contributed by atoms with Gasteiger partial charge in [-0.2, -0.15) is 10.4 Å². The molecule has 3 aromatic heterocycles. The molecule has 162 valence electrons. The van der Waals surface area contributed by atoms with Crippen LogP contribution < -0.4 is 11.1 Å². The van der Waals surface area contributed by atoms with Crippen molar-refractivity contribution in [2.75, 3.05) is 18.8 Å². The number of anilines is 1. The lowest BCUT2D eigenvalue weighted by molar-refractivity contribution is 0.0906. The summed E-state index contributed by atoms with van der Waals surface area (Å²) in [5.74, 6) is 0.211. The molecule has 0 radical (unpaired) electrons. The van der Waals surface area contributed by atoms with E-state index in [1.165, 1.54) is 0 Å². The Morgan fingerprint density at radius 2 is 2.19 bits per heavy atom. The fourth-order valence-electron chi connectivity index (χ4n) is 4.55. The largest absolute Gasteiger partial charge is 0.383 e. The van der Waals surface area contributed by atoms with Crippen molar-refractivity contribution in [1.29, 1.82) is 5.26 Å². The predicted molar refractivity (Wildman–Crippen MR) is 119 cm³/mol. The normalized spacial score (nSPS) is 16.8. The number of pyridine rings is 2. The van der Waals surface area contributed by atoms with Gasteiger partial charge in [0, 0.05) is 54.9 Å². The van der Waals surface area contributed by atoms with Gasteiger partial charge in [-0.1, -0.05) is 11.6 Å². The molecule has 3 N–H and O–H groups in total. The van der Waals surface area contributed by atoms with Crippen LogP contribution in [0.1, 0.15) is 36.2 Å². The Balaban J connectivity index is 1.29. The summed E-state index contributed by atoms with van der Waals surface area (Å²) in [6.07, 6.45) is 5.81. The summed E-state index contributed by atoms with van der Waals surface area (Å²) in [6, 6.07) is 7.28. The zero-order chi connectivity index (χ0) is 22.5. The van der Waals surface area contributed by atoms with Crippen LogP contribution in [0.25, 0.3) is 11.3 Å². The van der Waals surface area contributed by atoms with Crippen LogP contribution in [0.4, 0.5) is 10.6 Å². The molecular formula is C22H21ClN8O. The third-order valence-corrected chi connectivity index (χ3v) is 6.66. The van der Waals surface area contributed by atoms with E-state index >= 15 is 0 Å². The number of nitriles is 1. The van der Waals surface area contributed by atoms with Gasteiger partial charge in [-0.3, -0.25) is 9.67 Å². The number of rotatable bonds is 3. The highest BCUT2D eigenvalue weighted by molar-refractivity contribution is 6.31. The highest BCUT2D eigenvalue weighted by atomic mass is 35.5. The van der Waals surface area contributed by atoms with Gasteiger partial charge >= 0.3 is 6.03 Å². The van der Waals surface area contributed by atoms with Gasteiger partial charge < -0.3 is 16.0 Å². The van der Waals surface area contributed by atoms with Crippen molar-refractivity contribution in [3.63, 3.8) is 0 Å². The maximum Gasteiger partial charge on any atom is 0.317 e. The Morgan fingerprint density at radius 3 is 2.94 bits per heavy atom. The summed E-state index contributed by atoms with van der Waals surface area (Å²) < 4.78 is 1.99. The minimum Gasteiger partial charge on any atom is -0.383 e. The highest BCUT2D eigenvalue weighted by Gasteiger charge is 2.51. The molecule has 1 fully saturated rings. The van der Waals surface area contributed by atoms with Crippen LogP contribution in [0.15, 0.2) is 36.8 Å². The predicted octanol–water partition coefficient (Wildman–Crippen LogP) is 2.88. The molecule has 0 bridgehead atoms. The average Bonchev–Trinajstić information content (AvgIpc) is 3.32. The number of nitrogens with one attached hydrogen (secondary N) is 1. The summed E-state index contributed by atoms with van der Waals surface area (Å²) >= 11 is 6.20. The van der Waals surface area contributed by atoms with E-state index in [9.17, 15) is 10.1 Å². The lowest BCUT2D eigenvalue weighted by atomic mass is 9.76. The number of halogens is 1. The number of nitrogens with zero attached hydrogens (tertiary/aromatic N) is 6. The number of likely N-dealkylation sites (tertiary alicyclic amines) is 1. The number of aromatic nitrogens is 4. The number of hydrogen-bond acceptors (Lipinski definition) is 6. The lowest BCUT2D eigenvalue weighted by Crippen LogP contribution is -2.62. The lowest BCUT2D eigenvalue weighted by Gasteiger charge is -2.47. The van der Waals surface area contributed by atoms with Gasteiger partial charge in [0.2, 0.25) is 0 Å². The molecule has 1 saturated heterocycles. The SMILES string of the molecule is CC(NC(=O)N1CC2(CCn3nc(-c4cnc(N)c(C#N)c4)cc32)C1)c1ccncc1Cl. The van der Waals surface area contributed by atoms with E-state index in [0.717, 1.165) is 35.5 Å². The fourth-order valence-corrected chi connectivity index (χ4v) is 4.83. The van der Waals surface area contributed by atoms with E-state index in [-0.39, 0.29) is 23.3 Å². The quantitative estimate of drug-likeness (QED) is 0.634. The van der Waals surface area contributed by atoms with Crippen molar-refractivity contribution < 1.29 is 4.79 Å². The summed E-state index contributed by atoms with van der Waals surface area (Å²) in [5, 5.41) is 17.5. The van der Waals surface area contributed by atoms with Crippen LogP contribution in [0.3, 0.4) is 0 Å². The number of carbonyl (C=O) groups excluding carboxylic acids is 1. The van der Waals surface area contributed by atoms with Gasteiger partial charge in [0.1, 0.15) is 11.9 Å². The molecule has 5 heterocycles. The van der Waals surface area contributed by atoms with E-state index in [4.69, 9.17) is 22.4 Å². The molecule has 3 aromatic rings. The van der Waals surface area contributed by atoms with E-state index in [2.05, 4.69) is 21.4 Å². The topological polar surface area (TPSA) is 126 Å². The number of fused-ring (bicyclic) bond motifs is 2. The van der Waals surface area contributed by atoms with Crippen LogP contribution in [0.5, 0.6) is 0 Å². The summed E-state index contributed by atoms with van der Waals surface area (Å²) in [5.41, 5.74) is 9.43. The van der Waals surface area contributed by atoms with E-state index in [1.54, 1.807) is 24.7 Å². The van der Waals surface area contributed by atoms with Crippen molar-refractivity contribution in [3.8, 4) is 17.3 Å². The second-order valence-corrected chi connectivity index (χ2v) is 8.77. The first-order chi connectivity index (χ1) is 15.4. The number of carbonyl (C=O) groups is 1. The van der Waals surface area contributed by atoms with Crippen molar-refractivity contribution in [3.05, 3.63) is 58.6 Å². The number of aryl methyl sites for hydroxylation is 1. The first-order valence-electron chi connectivity index (χ1n) is 10.3. The van der Waals surface area contributed by atoms with Crippen molar-refractivity contribution in [2.24, 2.45) is 0 Å². The van der Waals surface area contributed by atoms with E-state index in [1.807, 2.05) is 28.6 Å². The Bertz CT molecular complexity index is 1260. The molecule has 1 atom stereocenters. The minimum absolute atomic E-state index is 0.0978. The number of urea groups is 1. The standard InChI is InChI=1S/C22H21ClN8O/c1-13(16-2-4-26-10-17(16)23)28-21(32)30-11-22(12-30)3-5-31-19(22)7-18(29-31)15-6-14(8-24)20(25)27-9-15/h2,4,6-7,9-10,13H,3,5,11-12H2,1H3,(H2,25,27)(H,28,32). The molecule has 1 unspecified atom stereocenters. The first kappa shape index (κ1) is 20.3. The molecule has 10 heteroatoms. The van der Waals surface area contributed by atoms with Crippen LogP contribution in [0, 0.1) is 11.3 Å². The molecule has 2 amide bonds. The smallest absolute Gasteiger partial charge is 0.317 e. The second-order valence-electron chi connectivity index (χ2n) is 8.36. The van der Waals surface area contributed by atoms with Gasteiger partial charge in [0.05, 0.1) is 22.3 Å². The first-order valence-corrected chi connectivity index (χ1v) is 10.7. The van der Waals surface area contributed by atoms with Crippen molar-refractivity contribution in [1.82, 2.24) is 30.0 Å². The van der Waals surface area contributed by atoms with Crippen LogP contribution in [-0.4, -0.2) is 43.8 Å². The third kappa shape index (κ3) is 3.24. The van der Waals surface area contributed by atoms with Gasteiger partial charge in [0.15, 0.2) is 0 Å². The van der Waals surface area contributed by atoms with Crippen molar-refractivity contribution in [2.45, 2.75) is 31.3 Å². The minimum atomic E-state index is -0.220. The van der Waals surface area contributed by atoms with Gasteiger partial charge in [-0.05, 0) is 37.1 Å². The average molecular weight is 449 g/mol. The molecular weight excluding hydrogens is 428 g/mol. The summed E-state index contributed by atoms with van der Waals surface area (Å²) in [4.78, 5) is 22.7. The molecule has 0 aliphatic carbocycles. The van der Waals surface area contributed by atoms with Crippen molar-refractivity contribution >= 4 is 23.4 Å². The highest BCUT2D eigenvalue weighted by Crippen LogP contribution is 2.44. The Labute approximate surface area is 189 Å². The maximum absolute atomic E-state index is 12.8. The Kier molecular flexibility index (Phi) is 4.75. The Hall–Kier alpha value is -3.64. The third-order valence-electron chi connectivity index (χ3n) is 6.34. The zero-order valence-electron chi connectivity index (χ0n) is 17.4. The monoisotopic (exact) mass is 448 g/mol. The molecule has 5 rings (SSSR count). The number of nitrogens with two attached hydrogens (primary N) is 1. The molecule has 2 aliphatic rings. The molecule has 9 nitrogen and oxygen atoms in total. The molecule has 1 spiro atoms. The molecule has 0 aromatic carbocycles. The van der Waals surface area contributed by atoms with Crippen LogP contribution >= 0.6 is 11.6 Å². The van der Waals surface area contributed by atoms with Crippen LogP contribution in [-0.2, 0) is 12.0 Å². The molecule has 0 saturated carbocycles. The van der Waals surface area contributed by atoms with Gasteiger partial charge in [-0.25, -0.2) is 9.78 Å². The van der Waals surface area contributed by atoms with Gasteiger partial charge in [-0.15, -0.1) is 0 Å². The zero-order valence-corrected chi connectivity index (χ0v) is 18.2. The molecule has 32 heavy (non-hydrogen) atoms. The number of nitrogen functional groups attached to an aromatic ring is 1. The maximum atomic E-state index is 12.8. The van der Waals surface area contributed by atoms with Crippen LogP contribution in [0.2, 0.25) is 5.02 Å². The van der Waals surface area contributed by atoms with E-state index < -0.39 is 0 Å². The number of hydrogen-bond donors (Lipinski definition) is 2. The molecule has 2 aliphatic heterocycles. The second kappa shape index (κ2) is 7.50. The van der Waals surface area contributed by atoms with E-state index in [0.29, 0.717) is 23.7 Å². The summed E-state index contributed by atoms with van der Waals surface area (Å²) in [7, 11) is 0.